The van der Waals surface area contributed by atoms with E-state index in [0.29, 0.717) is 60.4 Å². The van der Waals surface area contributed by atoms with Crippen molar-refractivity contribution in [3.63, 3.8) is 0 Å². The van der Waals surface area contributed by atoms with Crippen molar-refractivity contribution < 1.29 is 13.9 Å². The van der Waals surface area contributed by atoms with E-state index >= 15 is 0 Å². The number of hydrogen-bond acceptors (Lipinski definition) is 6. The number of benzene rings is 4. The summed E-state index contributed by atoms with van der Waals surface area (Å²) in [6.45, 7) is 2.52. The highest BCUT2D eigenvalue weighted by Crippen LogP contribution is 2.35. The number of hydrogen-bond donors (Lipinski definition) is 0. The van der Waals surface area contributed by atoms with E-state index in [-0.39, 0.29) is 18.0 Å². The molecule has 7 nitrogen and oxygen atoms in total. The van der Waals surface area contributed by atoms with Crippen LogP contribution in [0.25, 0.3) is 33.5 Å². The van der Waals surface area contributed by atoms with E-state index in [2.05, 4.69) is 21.0 Å². The number of nitrogens with zero attached hydrogens (tertiary/aromatic N) is 3. The van der Waals surface area contributed by atoms with Crippen molar-refractivity contribution in [2.75, 3.05) is 6.61 Å². The van der Waals surface area contributed by atoms with E-state index in [1.165, 1.54) is 4.68 Å². The van der Waals surface area contributed by atoms with Crippen molar-refractivity contribution in [3.8, 4) is 23.1 Å². The molecule has 2 aromatic heterocycles. The molecule has 42 heavy (non-hydrogen) atoms. The molecule has 0 saturated carbocycles. The summed E-state index contributed by atoms with van der Waals surface area (Å²) in [5.41, 5.74) is 2.35. The van der Waals surface area contributed by atoms with Crippen molar-refractivity contribution in [2.24, 2.45) is 5.10 Å². The van der Waals surface area contributed by atoms with E-state index in [0.717, 1.165) is 10.9 Å². The lowest BCUT2D eigenvalue weighted by Gasteiger charge is -2.14. The molecular formula is C32H22BrCl2N3O4. The standard InChI is InChI=1S/C32H22BrCl2N3O4/c1-2-40-28-14-21(24(33)16-29(28)41-18-20-11-12-22(34)15-25(20)35)17-36-38-31(30-13-19-7-3-6-10-27(19)42-30)37-26-9-5-4-8-23(26)32(38)39/h3-17H,2,18H2,1H3. The van der Waals surface area contributed by atoms with Crippen LogP contribution in [0.5, 0.6) is 11.5 Å². The molecule has 2 heterocycles. The first-order chi connectivity index (χ1) is 20.4. The maximum atomic E-state index is 13.6. The van der Waals surface area contributed by atoms with Gasteiger partial charge in [0.25, 0.3) is 5.56 Å². The number of aromatic nitrogens is 2. The van der Waals surface area contributed by atoms with Crippen LogP contribution in [-0.2, 0) is 6.61 Å². The van der Waals surface area contributed by atoms with E-state index < -0.39 is 0 Å². The Balaban J connectivity index is 1.39. The van der Waals surface area contributed by atoms with Gasteiger partial charge >= 0.3 is 0 Å². The molecule has 10 heteroatoms. The fraction of sp³-hybridized carbons (Fsp3) is 0.0938. The van der Waals surface area contributed by atoms with Crippen LogP contribution in [0.4, 0.5) is 0 Å². The summed E-state index contributed by atoms with van der Waals surface area (Å²) in [6, 6.07) is 25.4. The molecule has 0 aliphatic heterocycles. The topological polar surface area (TPSA) is 78.9 Å². The second-order valence-corrected chi connectivity index (χ2v) is 10.9. The van der Waals surface area contributed by atoms with E-state index in [1.807, 2.05) is 49.4 Å². The smallest absolute Gasteiger partial charge is 0.282 e. The minimum Gasteiger partial charge on any atom is -0.490 e. The van der Waals surface area contributed by atoms with Gasteiger partial charge in [-0.25, -0.2) is 4.98 Å². The third-order valence-electron chi connectivity index (χ3n) is 6.47. The van der Waals surface area contributed by atoms with Crippen molar-refractivity contribution in [3.05, 3.63) is 121 Å². The maximum Gasteiger partial charge on any atom is 0.282 e. The van der Waals surface area contributed by atoms with Gasteiger partial charge < -0.3 is 13.9 Å². The molecule has 6 rings (SSSR count). The minimum atomic E-state index is -0.326. The highest BCUT2D eigenvalue weighted by atomic mass is 79.9. The van der Waals surface area contributed by atoms with Crippen LogP contribution >= 0.6 is 39.1 Å². The fourth-order valence-electron chi connectivity index (χ4n) is 4.43. The molecule has 0 aliphatic rings. The van der Waals surface area contributed by atoms with Gasteiger partial charge in [0, 0.05) is 31.0 Å². The Labute approximate surface area is 259 Å². The molecule has 0 aliphatic carbocycles. The Morgan fingerprint density at radius 2 is 1.76 bits per heavy atom. The normalized spacial score (nSPS) is 11.5. The van der Waals surface area contributed by atoms with E-state index in [9.17, 15) is 4.79 Å². The fourth-order valence-corrected chi connectivity index (χ4v) is 5.32. The first kappa shape index (κ1) is 28.0. The lowest BCUT2D eigenvalue weighted by Crippen LogP contribution is -2.20. The van der Waals surface area contributed by atoms with Gasteiger partial charge in [-0.3, -0.25) is 4.79 Å². The molecule has 0 radical (unpaired) electrons. The number of halogens is 3. The molecular weight excluding hydrogens is 641 g/mol. The molecule has 210 valence electrons. The molecule has 4 aromatic carbocycles. The van der Waals surface area contributed by atoms with Crippen molar-refractivity contribution in [2.45, 2.75) is 13.5 Å². The summed E-state index contributed by atoms with van der Waals surface area (Å²) < 4.78 is 19.9. The number of ether oxygens (including phenoxy) is 2. The van der Waals surface area contributed by atoms with E-state index in [1.54, 1.807) is 48.7 Å². The molecule has 6 aromatic rings. The van der Waals surface area contributed by atoms with Crippen LogP contribution < -0.4 is 15.0 Å². The zero-order valence-electron chi connectivity index (χ0n) is 22.2. The van der Waals surface area contributed by atoms with Gasteiger partial charge in [-0.15, -0.1) is 0 Å². The lowest BCUT2D eigenvalue weighted by molar-refractivity contribution is 0.269. The summed E-state index contributed by atoms with van der Waals surface area (Å²) in [5.74, 6) is 1.73. The highest BCUT2D eigenvalue weighted by Gasteiger charge is 2.17. The van der Waals surface area contributed by atoms with E-state index in [4.69, 9.17) is 42.1 Å². The largest absolute Gasteiger partial charge is 0.490 e. The molecule has 0 bridgehead atoms. The summed E-state index contributed by atoms with van der Waals surface area (Å²) in [4.78, 5) is 18.4. The van der Waals surface area contributed by atoms with Crippen LogP contribution in [0.3, 0.4) is 0 Å². The quantitative estimate of drug-likeness (QED) is 0.152. The zero-order valence-corrected chi connectivity index (χ0v) is 25.3. The highest BCUT2D eigenvalue weighted by molar-refractivity contribution is 9.10. The third kappa shape index (κ3) is 5.66. The Morgan fingerprint density at radius 3 is 2.57 bits per heavy atom. The Morgan fingerprint density at radius 1 is 0.976 bits per heavy atom. The van der Waals surface area contributed by atoms with Crippen LogP contribution in [0.2, 0.25) is 10.0 Å². The Bertz CT molecular complexity index is 2000. The third-order valence-corrected chi connectivity index (χ3v) is 7.75. The lowest BCUT2D eigenvalue weighted by atomic mass is 10.2. The second-order valence-electron chi connectivity index (χ2n) is 9.24. The molecule has 0 unspecified atom stereocenters. The van der Waals surface area contributed by atoms with Crippen LogP contribution in [0.1, 0.15) is 18.1 Å². The number of furan rings is 1. The van der Waals surface area contributed by atoms with Gasteiger partial charge in [0.05, 0.1) is 23.7 Å². The first-order valence-corrected chi connectivity index (χ1v) is 14.5. The predicted molar refractivity (Wildman–Crippen MR) is 170 cm³/mol. The average Bonchev–Trinajstić information content (AvgIpc) is 3.42. The van der Waals surface area contributed by atoms with Gasteiger partial charge in [0.1, 0.15) is 12.2 Å². The van der Waals surface area contributed by atoms with Gasteiger partial charge in [-0.2, -0.15) is 9.78 Å². The van der Waals surface area contributed by atoms with Crippen LogP contribution in [-0.4, -0.2) is 22.5 Å². The SMILES string of the molecule is CCOc1cc(C=Nn2c(-c3cc4ccccc4o3)nc3ccccc3c2=O)c(Br)cc1OCc1ccc(Cl)cc1Cl. The minimum absolute atomic E-state index is 0.217. The van der Waals surface area contributed by atoms with Gasteiger partial charge in [0.15, 0.2) is 17.3 Å². The molecule has 0 spiro atoms. The average molecular weight is 663 g/mol. The van der Waals surface area contributed by atoms with Gasteiger partial charge in [-0.1, -0.05) is 59.6 Å². The van der Waals surface area contributed by atoms with Crippen LogP contribution in [0, 0.1) is 0 Å². The Kier molecular flexibility index (Phi) is 8.02. The number of rotatable bonds is 8. The van der Waals surface area contributed by atoms with Crippen molar-refractivity contribution >= 4 is 67.2 Å². The summed E-state index contributed by atoms with van der Waals surface area (Å²) in [6.07, 6.45) is 1.57. The predicted octanol–water partition coefficient (Wildman–Crippen LogP) is 8.74. The zero-order chi connectivity index (χ0) is 29.2. The molecule has 0 saturated heterocycles. The van der Waals surface area contributed by atoms with Gasteiger partial charge in [0.2, 0.25) is 5.82 Å². The van der Waals surface area contributed by atoms with Gasteiger partial charge in [-0.05, 0) is 71.4 Å². The van der Waals surface area contributed by atoms with Crippen LogP contribution in [0.15, 0.2) is 104 Å². The summed E-state index contributed by atoms with van der Waals surface area (Å²) >= 11 is 15.9. The Hall–Kier alpha value is -4.11. The summed E-state index contributed by atoms with van der Waals surface area (Å²) in [5, 5.41) is 6.97. The van der Waals surface area contributed by atoms with Crippen molar-refractivity contribution in [1.29, 1.82) is 0 Å². The number of para-hydroxylation sites is 2. The molecule has 0 N–H and O–H groups in total. The summed E-state index contributed by atoms with van der Waals surface area (Å²) in [7, 11) is 0. The molecule has 0 amide bonds. The monoisotopic (exact) mass is 661 g/mol. The van der Waals surface area contributed by atoms with Crippen molar-refractivity contribution in [1.82, 2.24) is 9.66 Å². The molecule has 0 atom stereocenters. The maximum absolute atomic E-state index is 13.6. The first-order valence-electron chi connectivity index (χ1n) is 13.0. The second kappa shape index (κ2) is 12.0. The number of fused-ring (bicyclic) bond motifs is 2. The molecule has 0 fully saturated rings.